The van der Waals surface area contributed by atoms with Gasteiger partial charge < -0.3 is 15.8 Å². The van der Waals surface area contributed by atoms with Gasteiger partial charge in [0.05, 0.1) is 6.07 Å². The minimum Gasteiger partial charge on any atom is -0.483 e. The minimum absolute atomic E-state index is 0.0251. The zero-order valence-electron chi connectivity index (χ0n) is 9.94. The highest BCUT2D eigenvalue weighted by atomic mass is 79.9. The van der Waals surface area contributed by atoms with Gasteiger partial charge in [0, 0.05) is 16.1 Å². The number of nitrogens with two attached hydrogens (primary N) is 1. The van der Waals surface area contributed by atoms with Gasteiger partial charge in [-0.3, -0.25) is 4.79 Å². The van der Waals surface area contributed by atoms with Crippen molar-refractivity contribution in [3.05, 3.63) is 28.2 Å². The summed E-state index contributed by atoms with van der Waals surface area (Å²) in [6, 6.07) is 7.04. The van der Waals surface area contributed by atoms with E-state index >= 15 is 0 Å². The Morgan fingerprint density at radius 1 is 1.67 bits per heavy atom. The maximum atomic E-state index is 11.3. The molecule has 1 rings (SSSR count). The van der Waals surface area contributed by atoms with Crippen LogP contribution >= 0.6 is 15.9 Å². The maximum absolute atomic E-state index is 11.3. The van der Waals surface area contributed by atoms with Crippen molar-refractivity contribution in [2.24, 2.45) is 5.73 Å². The van der Waals surface area contributed by atoms with E-state index in [1.807, 2.05) is 25.1 Å². The summed E-state index contributed by atoms with van der Waals surface area (Å²) in [5.74, 6) is 0.232. The summed E-state index contributed by atoms with van der Waals surface area (Å²) in [6.07, 6.45) is 0. The molecule has 0 heterocycles. The third-order valence-corrected chi connectivity index (χ3v) is 2.68. The lowest BCUT2D eigenvalue weighted by Crippen LogP contribution is -2.29. The second kappa shape index (κ2) is 6.99. The number of carbonyl (C=O) groups is 1. The highest BCUT2D eigenvalue weighted by molar-refractivity contribution is 9.10. The molecule has 0 aliphatic heterocycles. The number of halogens is 1. The average Bonchev–Trinajstić information content (AvgIpc) is 2.34. The molecule has 1 aromatic carbocycles. The van der Waals surface area contributed by atoms with Crippen LogP contribution < -0.4 is 15.8 Å². The number of ether oxygens (including phenoxy) is 1. The average molecular weight is 312 g/mol. The van der Waals surface area contributed by atoms with E-state index in [0.717, 1.165) is 10.0 Å². The van der Waals surface area contributed by atoms with Crippen LogP contribution in [-0.4, -0.2) is 19.1 Å². The Bertz CT molecular complexity index is 469. The molecule has 1 aromatic rings. The first kappa shape index (κ1) is 14.5. The number of benzene rings is 1. The Morgan fingerprint density at radius 3 is 3.00 bits per heavy atom. The Balaban J connectivity index is 2.67. The fourth-order valence-electron chi connectivity index (χ4n) is 1.34. The Morgan fingerprint density at radius 2 is 2.39 bits per heavy atom. The molecule has 0 spiro atoms. The molecule has 3 N–H and O–H groups in total. The van der Waals surface area contributed by atoms with Crippen molar-refractivity contribution >= 4 is 21.8 Å². The van der Waals surface area contributed by atoms with E-state index in [1.165, 1.54) is 0 Å². The predicted octanol–water partition coefficient (Wildman–Crippen LogP) is 1.49. The summed E-state index contributed by atoms with van der Waals surface area (Å²) in [5.41, 5.74) is 6.64. The highest BCUT2D eigenvalue weighted by Gasteiger charge is 2.10. The maximum Gasteiger partial charge on any atom is 0.258 e. The smallest absolute Gasteiger partial charge is 0.258 e. The van der Waals surface area contributed by atoms with Crippen molar-refractivity contribution in [3.8, 4) is 11.8 Å². The molecule has 96 valence electrons. The Kier molecular flexibility index (Phi) is 5.62. The summed E-state index contributed by atoms with van der Waals surface area (Å²) in [5, 5.41) is 10.7. The van der Waals surface area contributed by atoms with Gasteiger partial charge >= 0.3 is 0 Å². The van der Waals surface area contributed by atoms with E-state index in [-0.39, 0.29) is 25.1 Å². The molecule has 1 atom stereocenters. The quantitative estimate of drug-likeness (QED) is 0.806. The van der Waals surface area contributed by atoms with E-state index in [2.05, 4.69) is 21.2 Å². The first-order chi connectivity index (χ1) is 8.54. The monoisotopic (exact) mass is 311 g/mol. The number of hydrogen-bond acceptors (Lipinski definition) is 4. The van der Waals surface area contributed by atoms with Crippen LogP contribution in [-0.2, 0) is 4.79 Å². The second-order valence-electron chi connectivity index (χ2n) is 3.69. The lowest BCUT2D eigenvalue weighted by molar-refractivity contribution is -0.122. The molecule has 0 unspecified atom stereocenters. The van der Waals surface area contributed by atoms with Crippen LogP contribution in [0, 0.1) is 11.3 Å². The predicted molar refractivity (Wildman–Crippen MR) is 70.9 cm³/mol. The molecule has 0 saturated heterocycles. The van der Waals surface area contributed by atoms with Crippen molar-refractivity contribution in [1.29, 1.82) is 5.26 Å². The first-order valence-electron chi connectivity index (χ1n) is 5.36. The van der Waals surface area contributed by atoms with E-state index in [0.29, 0.717) is 5.75 Å². The highest BCUT2D eigenvalue weighted by Crippen LogP contribution is 2.27. The van der Waals surface area contributed by atoms with Crippen LogP contribution in [0.15, 0.2) is 22.7 Å². The fourth-order valence-corrected chi connectivity index (χ4v) is 1.72. The molecule has 0 saturated carbocycles. The molecule has 5 nitrogen and oxygen atoms in total. The van der Waals surface area contributed by atoms with Crippen molar-refractivity contribution < 1.29 is 9.53 Å². The normalized spacial score (nSPS) is 11.4. The molecule has 6 heteroatoms. The van der Waals surface area contributed by atoms with Gasteiger partial charge in [-0.05, 0) is 25.1 Å². The minimum atomic E-state index is -0.338. The fraction of sp³-hybridized carbons (Fsp3) is 0.333. The van der Waals surface area contributed by atoms with Gasteiger partial charge in [0.25, 0.3) is 5.91 Å². The third kappa shape index (κ3) is 4.35. The zero-order chi connectivity index (χ0) is 13.5. The Hall–Kier alpha value is -1.58. The molecule has 18 heavy (non-hydrogen) atoms. The number of nitriles is 1. The van der Waals surface area contributed by atoms with Crippen LogP contribution in [0.25, 0.3) is 0 Å². The number of nitrogens with zero attached hydrogens (tertiary/aromatic N) is 1. The first-order valence-corrected chi connectivity index (χ1v) is 6.15. The van der Waals surface area contributed by atoms with Gasteiger partial charge in [0.1, 0.15) is 12.3 Å². The van der Waals surface area contributed by atoms with Gasteiger partial charge in [0.2, 0.25) is 0 Å². The van der Waals surface area contributed by atoms with Gasteiger partial charge in [-0.25, -0.2) is 0 Å². The molecule has 0 fully saturated rings. The van der Waals surface area contributed by atoms with Crippen LogP contribution in [0.4, 0.5) is 0 Å². The van der Waals surface area contributed by atoms with Crippen LogP contribution in [0.1, 0.15) is 18.5 Å². The molecule has 0 aromatic heterocycles. The van der Waals surface area contributed by atoms with Crippen LogP contribution in [0.2, 0.25) is 0 Å². The summed E-state index contributed by atoms with van der Waals surface area (Å²) in [6.45, 7) is 1.68. The van der Waals surface area contributed by atoms with Gasteiger partial charge in [-0.15, -0.1) is 0 Å². The van der Waals surface area contributed by atoms with Crippen molar-refractivity contribution in [2.45, 2.75) is 13.0 Å². The zero-order valence-corrected chi connectivity index (χ0v) is 11.5. The lowest BCUT2D eigenvalue weighted by Gasteiger charge is -2.14. The molecule has 0 aliphatic carbocycles. The summed E-state index contributed by atoms with van der Waals surface area (Å²) in [7, 11) is 0. The molecule has 0 bridgehead atoms. The van der Waals surface area contributed by atoms with Gasteiger partial charge in [-0.2, -0.15) is 5.26 Å². The topological polar surface area (TPSA) is 88.1 Å². The number of hydrogen-bond donors (Lipinski definition) is 2. The second-order valence-corrected chi connectivity index (χ2v) is 4.61. The van der Waals surface area contributed by atoms with Crippen LogP contribution in [0.5, 0.6) is 5.75 Å². The van der Waals surface area contributed by atoms with Crippen molar-refractivity contribution in [1.82, 2.24) is 5.32 Å². The summed E-state index contributed by atoms with van der Waals surface area (Å²) >= 11 is 3.35. The summed E-state index contributed by atoms with van der Waals surface area (Å²) in [4.78, 5) is 11.3. The number of nitrogens with one attached hydrogen (secondary N) is 1. The Labute approximate surface area is 114 Å². The van der Waals surface area contributed by atoms with Crippen molar-refractivity contribution in [2.75, 3.05) is 13.2 Å². The van der Waals surface area contributed by atoms with E-state index < -0.39 is 0 Å². The van der Waals surface area contributed by atoms with Crippen molar-refractivity contribution in [3.63, 3.8) is 0 Å². The number of amides is 1. The number of rotatable bonds is 5. The van der Waals surface area contributed by atoms with E-state index in [9.17, 15) is 4.79 Å². The third-order valence-electron chi connectivity index (χ3n) is 2.19. The number of carbonyl (C=O) groups excluding carboxylic acids is 1. The molecule has 0 radical (unpaired) electrons. The van der Waals surface area contributed by atoms with Gasteiger partial charge in [-0.1, -0.05) is 15.9 Å². The largest absolute Gasteiger partial charge is 0.483 e. The van der Waals surface area contributed by atoms with E-state index in [4.69, 9.17) is 15.7 Å². The van der Waals surface area contributed by atoms with E-state index in [1.54, 1.807) is 6.07 Å². The standard InChI is InChI=1S/C12H14BrN3O2/c1-8(15)10-6-9(13)2-3-11(10)18-7-12(17)16-5-4-14/h2-3,6,8H,5,7,15H2,1H3,(H,16,17)/t8-/m0/s1. The molecular formula is C12H14BrN3O2. The molecule has 1 amide bonds. The lowest BCUT2D eigenvalue weighted by atomic mass is 10.1. The van der Waals surface area contributed by atoms with Gasteiger partial charge in [0.15, 0.2) is 6.61 Å². The molecule has 0 aliphatic rings. The molecular weight excluding hydrogens is 298 g/mol. The summed E-state index contributed by atoms with van der Waals surface area (Å²) < 4.78 is 6.29. The SMILES string of the molecule is C[C@H](N)c1cc(Br)ccc1OCC(=O)NCC#N. The van der Waals surface area contributed by atoms with Crippen LogP contribution in [0.3, 0.4) is 0 Å².